The van der Waals surface area contributed by atoms with Gasteiger partial charge in [0.1, 0.15) is 17.8 Å². The van der Waals surface area contributed by atoms with E-state index in [1.807, 2.05) is 25.1 Å². The van der Waals surface area contributed by atoms with Crippen molar-refractivity contribution in [2.24, 2.45) is 5.92 Å². The number of hydroxylamine groups is 2. The highest BCUT2D eigenvalue weighted by Crippen LogP contribution is 2.36. The van der Waals surface area contributed by atoms with Crippen molar-refractivity contribution in [3.63, 3.8) is 0 Å². The number of nitrogens with one attached hydrogen (secondary N) is 2. The van der Waals surface area contributed by atoms with Crippen LogP contribution in [-0.4, -0.2) is 64.1 Å². The highest BCUT2D eigenvalue weighted by Gasteiger charge is 2.23. The smallest absolute Gasteiger partial charge is 0.351 e. The molecule has 4 aromatic rings. The second-order valence-corrected chi connectivity index (χ2v) is 12.4. The molecule has 218 valence electrons. The van der Waals surface area contributed by atoms with Crippen molar-refractivity contribution in [3.8, 4) is 11.3 Å². The summed E-state index contributed by atoms with van der Waals surface area (Å²) >= 11 is 1.53. The van der Waals surface area contributed by atoms with Crippen LogP contribution in [0.2, 0.25) is 0 Å². The number of aromatic nitrogens is 3. The normalized spacial score (nSPS) is 17.1. The molecule has 1 aromatic carbocycles. The maximum atomic E-state index is 15.0. The Hall–Kier alpha value is -4.09. The summed E-state index contributed by atoms with van der Waals surface area (Å²) in [4.78, 5) is 46.1. The van der Waals surface area contributed by atoms with Crippen molar-refractivity contribution in [2.75, 3.05) is 32.5 Å². The van der Waals surface area contributed by atoms with Crippen molar-refractivity contribution in [2.45, 2.75) is 39.5 Å². The highest BCUT2D eigenvalue weighted by molar-refractivity contribution is 7.14. The van der Waals surface area contributed by atoms with Crippen LogP contribution in [0.4, 0.5) is 14.9 Å². The maximum absolute atomic E-state index is 15.0. The lowest BCUT2D eigenvalue weighted by atomic mass is 9.90. The van der Waals surface area contributed by atoms with Crippen LogP contribution in [0.25, 0.3) is 27.9 Å². The number of H-pyrrole nitrogens is 1. The Kier molecular flexibility index (Phi) is 7.54. The van der Waals surface area contributed by atoms with Gasteiger partial charge in [-0.25, -0.2) is 19.2 Å². The van der Waals surface area contributed by atoms with Gasteiger partial charge in [-0.1, -0.05) is 13.0 Å². The molecule has 6 rings (SSSR count). The van der Waals surface area contributed by atoms with E-state index in [-0.39, 0.29) is 5.91 Å². The molecule has 2 N–H and O–H groups in total. The number of aryl methyl sites for hydroxylation is 1. The minimum atomic E-state index is -0.463. The van der Waals surface area contributed by atoms with E-state index in [0.29, 0.717) is 52.9 Å². The molecule has 11 heteroatoms. The first-order valence-electron chi connectivity index (χ1n) is 14.1. The van der Waals surface area contributed by atoms with Gasteiger partial charge in [-0.2, -0.15) is 0 Å². The van der Waals surface area contributed by atoms with E-state index in [9.17, 15) is 14.0 Å². The first-order chi connectivity index (χ1) is 20.2. The number of anilines is 1. The van der Waals surface area contributed by atoms with E-state index in [1.165, 1.54) is 45.1 Å². The van der Waals surface area contributed by atoms with E-state index in [4.69, 9.17) is 4.84 Å². The minimum Gasteiger partial charge on any atom is -0.351 e. The summed E-state index contributed by atoms with van der Waals surface area (Å²) in [5, 5.41) is 5.33. The molecule has 9 nitrogen and oxygen atoms in total. The topological polar surface area (TPSA) is 103 Å². The molecule has 0 saturated carbocycles. The zero-order valence-electron chi connectivity index (χ0n) is 24.1. The van der Waals surface area contributed by atoms with Gasteiger partial charge in [0.05, 0.1) is 17.1 Å². The number of carbonyl (C=O) groups excluding carboxylic acids is 2. The van der Waals surface area contributed by atoms with Crippen molar-refractivity contribution in [3.05, 3.63) is 69.1 Å². The van der Waals surface area contributed by atoms with Gasteiger partial charge in [-0.05, 0) is 79.5 Å². The van der Waals surface area contributed by atoms with Crippen molar-refractivity contribution in [1.29, 1.82) is 0 Å². The van der Waals surface area contributed by atoms with Gasteiger partial charge in [0.2, 0.25) is 0 Å². The Labute approximate surface area is 247 Å². The molecule has 0 spiro atoms. The van der Waals surface area contributed by atoms with E-state index >= 15 is 0 Å². The average molecular weight is 589 g/mol. The molecule has 1 unspecified atom stereocenters. The first kappa shape index (κ1) is 28.0. The van der Waals surface area contributed by atoms with Gasteiger partial charge >= 0.3 is 6.09 Å². The summed E-state index contributed by atoms with van der Waals surface area (Å²) in [6.07, 6.45) is 6.84. The van der Waals surface area contributed by atoms with Gasteiger partial charge in [0, 0.05) is 47.8 Å². The number of fused-ring (bicyclic) bond motifs is 2. The fourth-order valence-electron chi connectivity index (χ4n) is 5.55. The highest BCUT2D eigenvalue weighted by atomic mass is 32.1. The summed E-state index contributed by atoms with van der Waals surface area (Å²) in [5.74, 6) is -0.0744. The lowest BCUT2D eigenvalue weighted by Gasteiger charge is -2.25. The Morgan fingerprint density at radius 2 is 2.02 bits per heavy atom. The summed E-state index contributed by atoms with van der Waals surface area (Å²) in [6, 6.07) is 6.76. The van der Waals surface area contributed by atoms with Crippen LogP contribution in [0.5, 0.6) is 0 Å². The predicted molar refractivity (Wildman–Crippen MR) is 162 cm³/mol. The molecule has 4 heterocycles. The fraction of sp³-hybridized carbons (Fsp3) is 0.355. The molecule has 2 amide bonds. The van der Waals surface area contributed by atoms with Crippen molar-refractivity contribution in [1.82, 2.24) is 24.9 Å². The molecule has 0 bridgehead atoms. The van der Waals surface area contributed by atoms with Gasteiger partial charge in [0.25, 0.3) is 5.91 Å². The number of aromatic amines is 1. The lowest BCUT2D eigenvalue weighted by molar-refractivity contribution is -0.101. The zero-order valence-corrected chi connectivity index (χ0v) is 24.9. The number of nitrogens with zero attached hydrogens (tertiary/aromatic N) is 4. The molecule has 0 saturated heterocycles. The molecule has 42 heavy (non-hydrogen) atoms. The number of halogens is 1. The van der Waals surface area contributed by atoms with Crippen LogP contribution in [0.3, 0.4) is 0 Å². The molecule has 1 aliphatic carbocycles. The van der Waals surface area contributed by atoms with Crippen LogP contribution in [-0.2, 0) is 17.7 Å². The first-order valence-corrected chi connectivity index (χ1v) is 14.9. The number of carbonyl (C=O) groups is 2. The number of thiophene rings is 1. The molecule has 0 fully saturated rings. The van der Waals surface area contributed by atoms with E-state index in [0.717, 1.165) is 41.5 Å². The second kappa shape index (κ2) is 11.3. The molecular weight excluding hydrogens is 555 g/mol. The number of rotatable bonds is 5. The van der Waals surface area contributed by atoms with Crippen LogP contribution < -0.4 is 5.32 Å². The Morgan fingerprint density at radius 1 is 1.19 bits per heavy atom. The van der Waals surface area contributed by atoms with Gasteiger partial charge in [-0.3, -0.25) is 4.79 Å². The van der Waals surface area contributed by atoms with Gasteiger partial charge in [0.15, 0.2) is 0 Å². The van der Waals surface area contributed by atoms with Gasteiger partial charge in [-0.15, -0.1) is 16.4 Å². The van der Waals surface area contributed by atoms with Crippen LogP contribution in [0.1, 0.15) is 51.1 Å². The molecular formula is C31H33FN6O3S. The van der Waals surface area contributed by atoms with Crippen LogP contribution in [0, 0.1) is 18.7 Å². The number of benzene rings is 1. The molecule has 3 aromatic heterocycles. The number of hydrogen-bond acceptors (Lipinski definition) is 7. The Morgan fingerprint density at radius 3 is 2.79 bits per heavy atom. The monoisotopic (exact) mass is 588 g/mol. The van der Waals surface area contributed by atoms with Crippen molar-refractivity contribution >= 4 is 45.6 Å². The minimum absolute atomic E-state index is 0.229. The third-order valence-corrected chi connectivity index (χ3v) is 9.18. The lowest BCUT2D eigenvalue weighted by Crippen LogP contribution is -2.35. The summed E-state index contributed by atoms with van der Waals surface area (Å²) in [7, 11) is 3.29. The van der Waals surface area contributed by atoms with Crippen molar-refractivity contribution < 1.29 is 18.8 Å². The molecule has 1 atom stereocenters. The second-order valence-electron chi connectivity index (χ2n) is 11.3. The van der Waals surface area contributed by atoms with Crippen LogP contribution in [0.15, 0.2) is 36.7 Å². The third-order valence-electron chi connectivity index (χ3n) is 7.94. The zero-order chi connectivity index (χ0) is 29.5. The number of amides is 2. The average Bonchev–Trinajstić information content (AvgIpc) is 3.59. The Balaban J connectivity index is 1.27. The molecule has 2 aliphatic rings. The third kappa shape index (κ3) is 5.54. The SMILES string of the molecule is Cc1c(NC(=O)c2cc3c(s2)CCC(C)C3)cc(F)cc1-c1ncnc2[nH]c(C3=CCN(OC(=O)N(C)C)CC3)cc12. The standard InChI is InChI=1S/C31H33FN6O3S/c1-17-5-6-26-20(11-17)12-27(42-26)30(39)36-24-14-21(32)13-22(18(24)2)28-23-15-25(35-29(23)34-16-33-28)19-7-9-38(10-8-19)41-31(40)37(3)4/h7,12-17H,5-6,8-11H2,1-4H3,(H,36,39)(H,33,34,35). The summed E-state index contributed by atoms with van der Waals surface area (Å²) in [5.41, 5.74) is 6.12. The summed E-state index contributed by atoms with van der Waals surface area (Å²) in [6.45, 7) is 5.11. The van der Waals surface area contributed by atoms with E-state index in [1.54, 1.807) is 19.2 Å². The van der Waals surface area contributed by atoms with E-state index in [2.05, 4.69) is 27.2 Å². The fourth-order valence-corrected chi connectivity index (χ4v) is 6.66. The summed E-state index contributed by atoms with van der Waals surface area (Å²) < 4.78 is 15.0. The maximum Gasteiger partial charge on any atom is 0.428 e. The quantitative estimate of drug-likeness (QED) is 0.287. The van der Waals surface area contributed by atoms with Crippen LogP contribution >= 0.6 is 11.3 Å². The molecule has 0 radical (unpaired) electrons. The Bertz CT molecular complexity index is 1720. The predicted octanol–water partition coefficient (Wildman–Crippen LogP) is 6.21. The number of hydrogen-bond donors (Lipinski definition) is 2. The van der Waals surface area contributed by atoms with E-state index < -0.39 is 11.9 Å². The largest absolute Gasteiger partial charge is 0.428 e. The molecule has 1 aliphatic heterocycles. The van der Waals surface area contributed by atoms with Gasteiger partial charge < -0.3 is 20.0 Å².